The third kappa shape index (κ3) is 4.81. The maximum atomic E-state index is 13.6. The van der Waals surface area contributed by atoms with Crippen molar-refractivity contribution in [1.82, 2.24) is 9.97 Å². The summed E-state index contributed by atoms with van der Waals surface area (Å²) in [6.07, 6.45) is 3.81. The standard InChI is InChI=1S/C24H22ClFN2O2/c1-3-15(2)21(16-4-8-19(25)9-5-16)22(24(30)18-12-27-14-28-13-18)23(29)17-6-10-20(26)11-7-17/h4-15,24,30H,3H2,1-2H3/b22-21-. The molecule has 1 heterocycles. The van der Waals surface area contributed by atoms with Crippen LogP contribution in [0.5, 0.6) is 0 Å². The molecule has 1 aromatic heterocycles. The molecule has 0 spiro atoms. The Kier molecular flexibility index (Phi) is 7.08. The minimum atomic E-state index is -1.25. The molecular formula is C24H22ClFN2O2. The van der Waals surface area contributed by atoms with Crippen molar-refractivity contribution < 1.29 is 14.3 Å². The van der Waals surface area contributed by atoms with Gasteiger partial charge in [0.2, 0.25) is 0 Å². The second-order valence-corrected chi connectivity index (χ2v) is 7.49. The summed E-state index contributed by atoms with van der Waals surface area (Å²) >= 11 is 6.06. The van der Waals surface area contributed by atoms with Gasteiger partial charge in [-0.05, 0) is 59.9 Å². The van der Waals surface area contributed by atoms with Crippen molar-refractivity contribution in [3.8, 4) is 0 Å². The summed E-state index contributed by atoms with van der Waals surface area (Å²) in [6, 6.07) is 12.5. The summed E-state index contributed by atoms with van der Waals surface area (Å²) < 4.78 is 13.4. The Labute approximate surface area is 180 Å². The van der Waals surface area contributed by atoms with E-state index in [-0.39, 0.29) is 22.8 Å². The number of aliphatic hydroxyl groups is 1. The minimum absolute atomic E-state index is 0.0372. The zero-order chi connectivity index (χ0) is 21.7. The fraction of sp³-hybridized carbons (Fsp3) is 0.208. The number of carbonyl (C=O) groups excluding carboxylic acids is 1. The number of hydrogen-bond acceptors (Lipinski definition) is 4. The topological polar surface area (TPSA) is 63.1 Å². The monoisotopic (exact) mass is 424 g/mol. The van der Waals surface area contributed by atoms with Crippen LogP contribution in [-0.2, 0) is 0 Å². The molecule has 3 aromatic rings. The number of ketones is 1. The fourth-order valence-corrected chi connectivity index (χ4v) is 3.43. The highest BCUT2D eigenvalue weighted by molar-refractivity contribution is 6.30. The number of rotatable bonds is 7. The van der Waals surface area contributed by atoms with Crippen molar-refractivity contribution in [2.75, 3.05) is 0 Å². The summed E-state index contributed by atoms with van der Waals surface area (Å²) in [5.74, 6) is -0.851. The average molecular weight is 425 g/mol. The molecule has 0 bridgehead atoms. The van der Waals surface area contributed by atoms with Crippen LogP contribution in [0.25, 0.3) is 5.57 Å². The molecule has 6 heteroatoms. The van der Waals surface area contributed by atoms with E-state index in [4.69, 9.17) is 11.6 Å². The Morgan fingerprint density at radius 1 is 1.03 bits per heavy atom. The Bertz CT molecular complexity index is 1040. The molecule has 0 aliphatic rings. The van der Waals surface area contributed by atoms with Gasteiger partial charge in [-0.1, -0.05) is 37.6 Å². The zero-order valence-corrected chi connectivity index (χ0v) is 17.5. The number of Topliss-reactive ketones (excluding diaryl/α,β-unsaturated/α-hetero) is 1. The molecule has 154 valence electrons. The van der Waals surface area contributed by atoms with E-state index < -0.39 is 11.9 Å². The highest BCUT2D eigenvalue weighted by atomic mass is 35.5. The van der Waals surface area contributed by atoms with Crippen LogP contribution in [0.1, 0.15) is 47.9 Å². The number of allylic oxidation sites excluding steroid dienone is 1. The van der Waals surface area contributed by atoms with Crippen molar-refractivity contribution in [1.29, 1.82) is 0 Å². The van der Waals surface area contributed by atoms with Gasteiger partial charge in [0.25, 0.3) is 0 Å². The predicted octanol–water partition coefficient (Wildman–Crippen LogP) is 5.69. The van der Waals surface area contributed by atoms with Crippen molar-refractivity contribution in [2.45, 2.75) is 26.4 Å². The molecule has 2 atom stereocenters. The van der Waals surface area contributed by atoms with E-state index in [9.17, 15) is 14.3 Å². The number of aromatic nitrogens is 2. The summed E-state index contributed by atoms with van der Waals surface area (Å²) in [5, 5.41) is 11.8. The second kappa shape index (κ2) is 9.74. The summed E-state index contributed by atoms with van der Waals surface area (Å²) in [7, 11) is 0. The average Bonchev–Trinajstić information content (AvgIpc) is 2.78. The normalized spacial score (nSPS) is 14.0. The smallest absolute Gasteiger partial charge is 0.192 e. The van der Waals surface area contributed by atoms with E-state index in [0.717, 1.165) is 12.0 Å². The summed E-state index contributed by atoms with van der Waals surface area (Å²) in [4.78, 5) is 21.5. The second-order valence-electron chi connectivity index (χ2n) is 7.05. The third-order valence-corrected chi connectivity index (χ3v) is 5.32. The van der Waals surface area contributed by atoms with Crippen LogP contribution in [-0.4, -0.2) is 20.9 Å². The lowest BCUT2D eigenvalue weighted by Gasteiger charge is -2.24. The van der Waals surface area contributed by atoms with Gasteiger partial charge >= 0.3 is 0 Å². The van der Waals surface area contributed by atoms with E-state index >= 15 is 0 Å². The molecule has 0 aliphatic carbocycles. The van der Waals surface area contributed by atoms with E-state index in [1.165, 1.54) is 43.0 Å². The number of aliphatic hydroxyl groups excluding tert-OH is 1. The predicted molar refractivity (Wildman–Crippen MR) is 116 cm³/mol. The Hall–Kier alpha value is -2.89. The van der Waals surface area contributed by atoms with Gasteiger partial charge in [-0.15, -0.1) is 0 Å². The lowest BCUT2D eigenvalue weighted by atomic mass is 9.82. The maximum Gasteiger partial charge on any atom is 0.192 e. The Morgan fingerprint density at radius 2 is 1.60 bits per heavy atom. The van der Waals surface area contributed by atoms with Crippen LogP contribution >= 0.6 is 11.6 Å². The minimum Gasteiger partial charge on any atom is -0.383 e. The van der Waals surface area contributed by atoms with Crippen molar-refractivity contribution in [3.05, 3.63) is 100 Å². The summed E-state index contributed by atoms with van der Waals surface area (Å²) in [6.45, 7) is 4.01. The van der Waals surface area contributed by atoms with Gasteiger partial charge in [-0.25, -0.2) is 14.4 Å². The van der Waals surface area contributed by atoms with Crippen LogP contribution < -0.4 is 0 Å². The third-order valence-electron chi connectivity index (χ3n) is 5.07. The number of halogens is 2. The lowest BCUT2D eigenvalue weighted by molar-refractivity contribution is 0.0987. The molecule has 2 unspecified atom stereocenters. The number of benzene rings is 2. The van der Waals surface area contributed by atoms with Gasteiger partial charge in [0, 0.05) is 34.1 Å². The van der Waals surface area contributed by atoms with Gasteiger partial charge in [0.1, 0.15) is 18.2 Å². The molecule has 0 saturated carbocycles. The summed E-state index contributed by atoms with van der Waals surface area (Å²) in [5.41, 5.74) is 2.40. The molecule has 4 nitrogen and oxygen atoms in total. The van der Waals surface area contributed by atoms with Gasteiger partial charge in [-0.3, -0.25) is 4.79 Å². The van der Waals surface area contributed by atoms with Crippen molar-refractivity contribution >= 4 is 23.0 Å². The first-order valence-corrected chi connectivity index (χ1v) is 10.0. The van der Waals surface area contributed by atoms with Gasteiger partial charge < -0.3 is 5.11 Å². The van der Waals surface area contributed by atoms with Crippen molar-refractivity contribution in [3.63, 3.8) is 0 Å². The zero-order valence-electron chi connectivity index (χ0n) is 16.7. The Morgan fingerprint density at radius 3 is 2.17 bits per heavy atom. The largest absolute Gasteiger partial charge is 0.383 e. The van der Waals surface area contributed by atoms with E-state index in [1.54, 1.807) is 12.1 Å². The van der Waals surface area contributed by atoms with E-state index in [0.29, 0.717) is 16.2 Å². The molecule has 0 saturated heterocycles. The lowest BCUT2D eigenvalue weighted by Crippen LogP contribution is -2.17. The quantitative estimate of drug-likeness (QED) is 0.391. The van der Waals surface area contributed by atoms with Gasteiger partial charge in [0.15, 0.2) is 5.78 Å². The van der Waals surface area contributed by atoms with Gasteiger partial charge in [-0.2, -0.15) is 0 Å². The molecule has 0 radical (unpaired) electrons. The van der Waals surface area contributed by atoms with Gasteiger partial charge in [0.05, 0.1) is 0 Å². The van der Waals surface area contributed by atoms with Crippen LogP contribution in [0.2, 0.25) is 5.02 Å². The molecule has 0 amide bonds. The highest BCUT2D eigenvalue weighted by Gasteiger charge is 2.29. The first-order chi connectivity index (χ1) is 14.4. The van der Waals surface area contributed by atoms with Crippen LogP contribution in [0.3, 0.4) is 0 Å². The van der Waals surface area contributed by atoms with Crippen LogP contribution in [0.4, 0.5) is 4.39 Å². The fourth-order valence-electron chi connectivity index (χ4n) is 3.31. The van der Waals surface area contributed by atoms with E-state index in [1.807, 2.05) is 26.0 Å². The molecule has 0 fully saturated rings. The van der Waals surface area contributed by atoms with Crippen molar-refractivity contribution in [2.24, 2.45) is 5.92 Å². The maximum absolute atomic E-state index is 13.6. The molecule has 30 heavy (non-hydrogen) atoms. The number of nitrogens with zero attached hydrogens (tertiary/aromatic N) is 2. The number of hydrogen-bond donors (Lipinski definition) is 1. The molecular weight excluding hydrogens is 403 g/mol. The molecule has 2 aromatic carbocycles. The SMILES string of the molecule is CCC(C)/C(=C(\C(=O)c1ccc(F)cc1)C(O)c1cncnc1)c1ccc(Cl)cc1. The molecule has 1 N–H and O–H groups in total. The molecule has 3 rings (SSSR count). The Balaban J connectivity index is 2.26. The van der Waals surface area contributed by atoms with Crippen LogP contribution in [0, 0.1) is 11.7 Å². The van der Waals surface area contributed by atoms with E-state index in [2.05, 4.69) is 9.97 Å². The van der Waals surface area contributed by atoms with Crippen LogP contribution in [0.15, 0.2) is 72.8 Å². The molecule has 0 aliphatic heterocycles. The highest BCUT2D eigenvalue weighted by Crippen LogP contribution is 2.37. The number of carbonyl (C=O) groups is 1. The first-order valence-electron chi connectivity index (χ1n) is 9.65. The first kappa shape index (κ1) is 21.8.